The first-order valence-electron chi connectivity index (χ1n) is 7.09. The zero-order valence-electron chi connectivity index (χ0n) is 12.9. The number of benzene rings is 2. The van der Waals surface area contributed by atoms with Gasteiger partial charge >= 0.3 is 0 Å². The normalized spacial score (nSPS) is 11.0. The molecule has 0 saturated heterocycles. The second-order valence-electron chi connectivity index (χ2n) is 5.58. The molecule has 0 atom stereocenters. The maximum atomic E-state index is 6.18. The van der Waals surface area contributed by atoms with Crippen LogP contribution in [0.2, 0.25) is 0 Å². The Morgan fingerprint density at radius 2 is 1.33 bits per heavy atom. The molecule has 3 nitrogen and oxygen atoms in total. The highest BCUT2D eigenvalue weighted by Crippen LogP contribution is 2.33. The fraction of sp³-hybridized carbons (Fsp3) is 0.222. The van der Waals surface area contributed by atoms with Crippen molar-refractivity contribution in [2.45, 2.75) is 27.7 Å². The van der Waals surface area contributed by atoms with Gasteiger partial charge in [0.2, 0.25) is 0 Å². The van der Waals surface area contributed by atoms with Gasteiger partial charge in [-0.25, -0.2) is 9.97 Å². The summed E-state index contributed by atoms with van der Waals surface area (Å²) in [5, 5.41) is 0. The van der Waals surface area contributed by atoms with E-state index in [4.69, 9.17) is 10.7 Å². The lowest BCUT2D eigenvalue weighted by Crippen LogP contribution is -2.03. The van der Waals surface area contributed by atoms with E-state index in [9.17, 15) is 0 Å². The largest absolute Gasteiger partial charge is 0.382 e. The Morgan fingerprint density at radius 3 is 1.90 bits per heavy atom. The highest BCUT2D eigenvalue weighted by atomic mass is 14.9. The van der Waals surface area contributed by atoms with Crippen molar-refractivity contribution < 1.29 is 0 Å². The van der Waals surface area contributed by atoms with Crippen molar-refractivity contribution in [3.05, 3.63) is 52.6 Å². The van der Waals surface area contributed by atoms with Crippen LogP contribution < -0.4 is 5.73 Å². The molecule has 0 fully saturated rings. The molecule has 2 N–H and O–H groups in total. The Hall–Kier alpha value is -2.42. The van der Waals surface area contributed by atoms with Crippen LogP contribution in [0.4, 0.5) is 5.82 Å². The number of hydrogen-bond donors (Lipinski definition) is 1. The first-order valence-corrected chi connectivity index (χ1v) is 7.09. The van der Waals surface area contributed by atoms with E-state index in [1.165, 1.54) is 22.3 Å². The second-order valence-corrected chi connectivity index (χ2v) is 5.58. The fourth-order valence-electron chi connectivity index (χ4n) is 2.77. The maximum Gasteiger partial charge on any atom is 0.150 e. The Kier molecular flexibility index (Phi) is 3.13. The minimum atomic E-state index is 0.491. The van der Waals surface area contributed by atoms with Crippen molar-refractivity contribution in [1.29, 1.82) is 0 Å². The van der Waals surface area contributed by atoms with Crippen LogP contribution in [0.1, 0.15) is 22.3 Å². The number of nitrogens with two attached hydrogens (primary N) is 1. The predicted octanol–water partition coefficient (Wildman–Crippen LogP) is 4.11. The Bertz CT molecular complexity index is 824. The zero-order valence-corrected chi connectivity index (χ0v) is 12.9. The first kappa shape index (κ1) is 13.6. The first-order chi connectivity index (χ1) is 9.99. The van der Waals surface area contributed by atoms with E-state index in [2.05, 4.69) is 38.7 Å². The molecule has 0 spiro atoms. The number of nitrogen functional groups attached to an aromatic ring is 1. The molecule has 106 valence electrons. The van der Waals surface area contributed by atoms with Crippen LogP contribution in [0.5, 0.6) is 0 Å². The van der Waals surface area contributed by atoms with E-state index in [0.717, 1.165) is 22.3 Å². The van der Waals surface area contributed by atoms with Gasteiger partial charge in [-0.05, 0) is 62.1 Å². The fourth-order valence-corrected chi connectivity index (χ4v) is 2.77. The Morgan fingerprint density at radius 1 is 0.810 bits per heavy atom. The molecule has 0 aliphatic carbocycles. The van der Waals surface area contributed by atoms with Gasteiger partial charge in [-0.1, -0.05) is 18.2 Å². The lowest BCUT2D eigenvalue weighted by Gasteiger charge is -2.16. The van der Waals surface area contributed by atoms with Crippen molar-refractivity contribution in [3.63, 3.8) is 0 Å². The monoisotopic (exact) mass is 277 g/mol. The van der Waals surface area contributed by atoms with Crippen molar-refractivity contribution in [2.75, 3.05) is 5.73 Å². The highest BCUT2D eigenvalue weighted by molar-refractivity contribution is 5.85. The van der Waals surface area contributed by atoms with Gasteiger partial charge in [0, 0.05) is 5.56 Å². The molecule has 2 aromatic carbocycles. The number of hydrogen-bond acceptors (Lipinski definition) is 3. The number of rotatable bonds is 1. The van der Waals surface area contributed by atoms with Crippen LogP contribution >= 0.6 is 0 Å². The molecular weight excluding hydrogens is 258 g/mol. The topological polar surface area (TPSA) is 51.8 Å². The Labute approximate surface area is 124 Å². The summed E-state index contributed by atoms with van der Waals surface area (Å²) in [6.45, 7) is 8.48. The molecule has 1 aromatic heterocycles. The average Bonchev–Trinajstić information content (AvgIpc) is 2.46. The van der Waals surface area contributed by atoms with Gasteiger partial charge in [-0.3, -0.25) is 0 Å². The molecular formula is C18H19N3. The molecule has 0 bridgehead atoms. The van der Waals surface area contributed by atoms with Gasteiger partial charge in [0.25, 0.3) is 0 Å². The Balaban J connectivity index is 2.38. The summed E-state index contributed by atoms with van der Waals surface area (Å²) in [7, 11) is 0. The van der Waals surface area contributed by atoms with Crippen molar-refractivity contribution in [2.24, 2.45) is 0 Å². The highest BCUT2D eigenvalue weighted by Gasteiger charge is 2.16. The average molecular weight is 277 g/mol. The number of fused-ring (bicyclic) bond motifs is 1. The molecule has 0 saturated carbocycles. The summed E-state index contributed by atoms with van der Waals surface area (Å²) in [4.78, 5) is 9.27. The summed E-state index contributed by atoms with van der Waals surface area (Å²) >= 11 is 0. The van der Waals surface area contributed by atoms with Crippen molar-refractivity contribution >= 4 is 16.9 Å². The minimum absolute atomic E-state index is 0.491. The number of para-hydroxylation sites is 2. The van der Waals surface area contributed by atoms with Crippen molar-refractivity contribution in [3.8, 4) is 11.3 Å². The lowest BCUT2D eigenvalue weighted by molar-refractivity contribution is 1.21. The quantitative estimate of drug-likeness (QED) is 0.728. The van der Waals surface area contributed by atoms with Crippen molar-refractivity contribution in [1.82, 2.24) is 9.97 Å². The van der Waals surface area contributed by atoms with Gasteiger partial charge < -0.3 is 5.73 Å². The van der Waals surface area contributed by atoms with Crippen LogP contribution in [0, 0.1) is 27.7 Å². The van der Waals surface area contributed by atoms with Gasteiger partial charge in [-0.15, -0.1) is 0 Å². The third-order valence-electron chi connectivity index (χ3n) is 4.20. The van der Waals surface area contributed by atoms with Gasteiger partial charge in [-0.2, -0.15) is 0 Å². The molecule has 0 aliphatic heterocycles. The molecule has 0 amide bonds. The summed E-state index contributed by atoms with van der Waals surface area (Å²) in [5.41, 5.74) is 14.7. The molecule has 3 rings (SSSR count). The smallest absolute Gasteiger partial charge is 0.150 e. The second kappa shape index (κ2) is 4.85. The van der Waals surface area contributed by atoms with E-state index in [-0.39, 0.29) is 0 Å². The maximum absolute atomic E-state index is 6.18. The van der Waals surface area contributed by atoms with Crippen LogP contribution in [0.3, 0.4) is 0 Å². The van der Waals surface area contributed by atoms with E-state index < -0.39 is 0 Å². The van der Waals surface area contributed by atoms with Gasteiger partial charge in [0.15, 0.2) is 5.82 Å². The lowest BCUT2D eigenvalue weighted by atomic mass is 9.92. The van der Waals surface area contributed by atoms with E-state index in [1.807, 2.05) is 24.3 Å². The van der Waals surface area contributed by atoms with E-state index in [1.54, 1.807) is 0 Å². The minimum Gasteiger partial charge on any atom is -0.382 e. The summed E-state index contributed by atoms with van der Waals surface area (Å²) in [5.74, 6) is 0.491. The molecule has 0 aliphatic rings. The molecule has 21 heavy (non-hydrogen) atoms. The molecule has 0 radical (unpaired) electrons. The van der Waals surface area contributed by atoms with Crippen LogP contribution in [0.25, 0.3) is 22.3 Å². The zero-order chi connectivity index (χ0) is 15.1. The summed E-state index contributed by atoms with van der Waals surface area (Å²) in [6.07, 6.45) is 0. The van der Waals surface area contributed by atoms with Crippen LogP contribution in [-0.2, 0) is 0 Å². The molecule has 3 heteroatoms. The van der Waals surface area contributed by atoms with E-state index >= 15 is 0 Å². The standard InChI is InChI=1S/C18H19N3/c1-10-9-11(2)13(4)16(12(10)3)17-18(19)21-15-8-6-5-7-14(15)20-17/h5-9H,1-4H3,(H2,19,21). The third kappa shape index (κ3) is 2.15. The van der Waals surface area contributed by atoms with Gasteiger partial charge in [0.1, 0.15) is 5.69 Å². The van der Waals surface area contributed by atoms with Gasteiger partial charge in [0.05, 0.1) is 11.0 Å². The number of nitrogens with zero attached hydrogens (tertiary/aromatic N) is 2. The molecule has 1 heterocycles. The SMILES string of the molecule is Cc1cc(C)c(C)c(-c2nc3ccccc3nc2N)c1C. The summed E-state index contributed by atoms with van der Waals surface area (Å²) < 4.78 is 0. The van der Waals surface area contributed by atoms with E-state index in [0.29, 0.717) is 5.82 Å². The molecule has 0 unspecified atom stereocenters. The summed E-state index contributed by atoms with van der Waals surface area (Å²) in [6, 6.07) is 10.0. The van der Waals surface area contributed by atoms with Crippen LogP contribution in [0.15, 0.2) is 30.3 Å². The number of aryl methyl sites for hydroxylation is 2. The number of aromatic nitrogens is 2. The third-order valence-corrected chi connectivity index (χ3v) is 4.20. The predicted molar refractivity (Wildman–Crippen MR) is 88.3 cm³/mol. The van der Waals surface area contributed by atoms with Crippen LogP contribution in [-0.4, -0.2) is 9.97 Å². The molecule has 3 aromatic rings. The number of anilines is 1.